The van der Waals surface area contributed by atoms with Crippen molar-refractivity contribution < 1.29 is 9.53 Å². The third kappa shape index (κ3) is 3.71. The Hall–Kier alpha value is -1.36. The van der Waals surface area contributed by atoms with Crippen LogP contribution in [0.15, 0.2) is 29.4 Å². The van der Waals surface area contributed by atoms with E-state index in [2.05, 4.69) is 32.8 Å². The van der Waals surface area contributed by atoms with Gasteiger partial charge in [0.05, 0.1) is 12.7 Å². The molecular weight excluding hydrogens is 260 g/mol. The summed E-state index contributed by atoms with van der Waals surface area (Å²) >= 11 is 3.15. The summed E-state index contributed by atoms with van der Waals surface area (Å²) in [6.07, 6.45) is 1.46. The lowest BCUT2D eigenvalue weighted by atomic mass is 10.2. The highest BCUT2D eigenvalue weighted by atomic mass is 79.9. The molecule has 0 atom stereocenters. The van der Waals surface area contributed by atoms with Gasteiger partial charge in [-0.2, -0.15) is 0 Å². The molecule has 0 unspecified atom stereocenters. The van der Waals surface area contributed by atoms with Gasteiger partial charge in [0.25, 0.3) is 5.91 Å². The van der Waals surface area contributed by atoms with Gasteiger partial charge in [-0.25, -0.2) is 4.98 Å². The molecule has 0 saturated heterocycles. The van der Waals surface area contributed by atoms with Crippen molar-refractivity contribution in [3.05, 3.63) is 35.0 Å². The van der Waals surface area contributed by atoms with Gasteiger partial charge in [0.1, 0.15) is 0 Å². The van der Waals surface area contributed by atoms with Crippen LogP contribution in [0.5, 0.6) is 5.88 Å². The van der Waals surface area contributed by atoms with E-state index in [1.807, 2.05) is 0 Å². The second kappa shape index (κ2) is 5.50. The summed E-state index contributed by atoms with van der Waals surface area (Å²) in [4.78, 5) is 15.4. The van der Waals surface area contributed by atoms with Crippen LogP contribution < -0.4 is 10.1 Å². The van der Waals surface area contributed by atoms with Gasteiger partial charge in [0, 0.05) is 23.3 Å². The molecule has 0 saturated carbocycles. The molecule has 80 valence electrons. The largest absolute Gasteiger partial charge is 0.481 e. The van der Waals surface area contributed by atoms with Gasteiger partial charge in [-0.1, -0.05) is 22.5 Å². The Morgan fingerprint density at radius 2 is 2.40 bits per heavy atom. The van der Waals surface area contributed by atoms with Crippen molar-refractivity contribution in [2.24, 2.45) is 0 Å². The van der Waals surface area contributed by atoms with Crippen LogP contribution in [0.4, 0.5) is 0 Å². The van der Waals surface area contributed by atoms with Crippen molar-refractivity contribution in [1.29, 1.82) is 0 Å². The first-order valence-electron chi connectivity index (χ1n) is 4.25. The molecule has 1 amide bonds. The van der Waals surface area contributed by atoms with Gasteiger partial charge in [-0.15, -0.1) is 0 Å². The van der Waals surface area contributed by atoms with Crippen molar-refractivity contribution in [3.63, 3.8) is 0 Å². The van der Waals surface area contributed by atoms with Gasteiger partial charge >= 0.3 is 0 Å². The monoisotopic (exact) mass is 270 g/mol. The highest BCUT2D eigenvalue weighted by Gasteiger charge is 2.05. The first-order chi connectivity index (χ1) is 7.13. The smallest absolute Gasteiger partial charge is 0.253 e. The second-order valence-corrected chi connectivity index (χ2v) is 3.91. The molecule has 0 spiro atoms. The number of nitrogens with one attached hydrogen (secondary N) is 1. The van der Waals surface area contributed by atoms with Crippen LogP contribution in [-0.4, -0.2) is 24.5 Å². The van der Waals surface area contributed by atoms with Gasteiger partial charge < -0.3 is 10.1 Å². The number of aromatic nitrogens is 1. The number of hydrogen-bond acceptors (Lipinski definition) is 3. The predicted octanol–water partition coefficient (Wildman–Crippen LogP) is 1.73. The van der Waals surface area contributed by atoms with E-state index < -0.39 is 0 Å². The maximum atomic E-state index is 11.5. The third-order valence-electron chi connectivity index (χ3n) is 1.65. The number of hydrogen-bond donors (Lipinski definition) is 1. The molecular formula is C10H11BrN2O2. The zero-order valence-corrected chi connectivity index (χ0v) is 9.87. The standard InChI is InChI=1S/C10H11BrN2O2/c1-7(11)5-13-10(14)8-3-4-9(15-2)12-6-8/h3-4,6H,1,5H2,2H3,(H,13,14). The summed E-state index contributed by atoms with van der Waals surface area (Å²) < 4.78 is 5.60. The zero-order chi connectivity index (χ0) is 11.3. The van der Waals surface area contributed by atoms with Crippen molar-refractivity contribution in [3.8, 4) is 5.88 Å². The van der Waals surface area contributed by atoms with Crippen LogP contribution in [0, 0.1) is 0 Å². The summed E-state index contributed by atoms with van der Waals surface area (Å²) in [6.45, 7) is 4.01. The first-order valence-corrected chi connectivity index (χ1v) is 5.04. The average molecular weight is 271 g/mol. The summed E-state index contributed by atoms with van der Waals surface area (Å²) in [5.74, 6) is 0.294. The Morgan fingerprint density at radius 1 is 1.67 bits per heavy atom. The minimum Gasteiger partial charge on any atom is -0.481 e. The molecule has 0 radical (unpaired) electrons. The minimum atomic E-state index is -0.189. The highest BCUT2D eigenvalue weighted by molar-refractivity contribution is 9.11. The number of halogens is 1. The quantitative estimate of drug-likeness (QED) is 0.907. The van der Waals surface area contributed by atoms with Gasteiger partial charge in [0.15, 0.2) is 0 Å². The number of nitrogens with zero attached hydrogens (tertiary/aromatic N) is 1. The lowest BCUT2D eigenvalue weighted by Gasteiger charge is -2.04. The molecule has 0 fully saturated rings. The summed E-state index contributed by atoms with van der Waals surface area (Å²) in [5, 5.41) is 2.67. The summed E-state index contributed by atoms with van der Waals surface area (Å²) in [6, 6.07) is 3.29. The van der Waals surface area contributed by atoms with Crippen LogP contribution in [-0.2, 0) is 0 Å². The highest BCUT2D eigenvalue weighted by Crippen LogP contribution is 2.06. The fourth-order valence-corrected chi connectivity index (χ4v) is 1.05. The van der Waals surface area contributed by atoms with E-state index in [9.17, 15) is 4.79 Å². The number of methoxy groups -OCH3 is 1. The topological polar surface area (TPSA) is 51.2 Å². The molecule has 15 heavy (non-hydrogen) atoms. The Kier molecular flexibility index (Phi) is 4.30. The molecule has 0 aliphatic heterocycles. The molecule has 1 rings (SSSR count). The van der Waals surface area contributed by atoms with Crippen molar-refractivity contribution in [2.45, 2.75) is 0 Å². The van der Waals surface area contributed by atoms with Gasteiger partial charge in [0.2, 0.25) is 5.88 Å². The van der Waals surface area contributed by atoms with Crippen LogP contribution in [0.25, 0.3) is 0 Å². The molecule has 1 heterocycles. The van der Waals surface area contributed by atoms with E-state index in [4.69, 9.17) is 4.74 Å². The normalized spacial score (nSPS) is 9.47. The number of amides is 1. The van der Waals surface area contributed by atoms with Crippen molar-refractivity contribution in [2.75, 3.05) is 13.7 Å². The lowest BCUT2D eigenvalue weighted by Crippen LogP contribution is -2.24. The molecule has 0 bridgehead atoms. The number of carbonyl (C=O) groups excluding carboxylic acids is 1. The van der Waals surface area contributed by atoms with E-state index in [0.717, 1.165) is 4.48 Å². The minimum absolute atomic E-state index is 0.189. The molecule has 5 heteroatoms. The Bertz CT molecular complexity index is 362. The van der Waals surface area contributed by atoms with Crippen LogP contribution in [0.2, 0.25) is 0 Å². The first kappa shape index (κ1) is 11.7. The SMILES string of the molecule is C=C(Br)CNC(=O)c1ccc(OC)nc1. The fraction of sp³-hybridized carbons (Fsp3) is 0.200. The van der Waals surface area contributed by atoms with Crippen molar-refractivity contribution >= 4 is 21.8 Å². The van der Waals surface area contributed by atoms with Crippen LogP contribution in [0.1, 0.15) is 10.4 Å². The van der Waals surface area contributed by atoms with Gasteiger partial charge in [-0.3, -0.25) is 4.79 Å². The molecule has 4 nitrogen and oxygen atoms in total. The number of rotatable bonds is 4. The molecule has 0 aliphatic rings. The molecule has 1 aromatic heterocycles. The maximum Gasteiger partial charge on any atom is 0.253 e. The van der Waals surface area contributed by atoms with Crippen LogP contribution in [0.3, 0.4) is 0 Å². The van der Waals surface area contributed by atoms with Crippen LogP contribution >= 0.6 is 15.9 Å². The number of carbonyl (C=O) groups is 1. The Balaban J connectivity index is 2.62. The molecule has 0 aromatic carbocycles. The number of ether oxygens (including phenoxy) is 1. The number of pyridine rings is 1. The maximum absolute atomic E-state index is 11.5. The average Bonchev–Trinajstić information content (AvgIpc) is 2.26. The predicted molar refractivity (Wildman–Crippen MR) is 61.2 cm³/mol. The van der Waals surface area contributed by atoms with Crippen molar-refractivity contribution in [1.82, 2.24) is 10.3 Å². The molecule has 1 aromatic rings. The van der Waals surface area contributed by atoms with E-state index in [0.29, 0.717) is 18.0 Å². The lowest BCUT2D eigenvalue weighted by molar-refractivity contribution is 0.0957. The molecule has 0 aliphatic carbocycles. The molecule has 1 N–H and O–H groups in total. The summed E-state index contributed by atoms with van der Waals surface area (Å²) in [5.41, 5.74) is 0.490. The van der Waals surface area contributed by atoms with E-state index >= 15 is 0 Å². The Labute approximate surface area is 96.5 Å². The zero-order valence-electron chi connectivity index (χ0n) is 8.29. The van der Waals surface area contributed by atoms with Gasteiger partial charge in [-0.05, 0) is 6.07 Å². The fourth-order valence-electron chi connectivity index (χ4n) is 0.914. The van der Waals surface area contributed by atoms with E-state index in [-0.39, 0.29) is 5.91 Å². The summed E-state index contributed by atoms with van der Waals surface area (Å²) in [7, 11) is 1.52. The van der Waals surface area contributed by atoms with E-state index in [1.165, 1.54) is 13.3 Å². The Morgan fingerprint density at radius 3 is 2.87 bits per heavy atom. The van der Waals surface area contributed by atoms with E-state index in [1.54, 1.807) is 12.1 Å². The third-order valence-corrected chi connectivity index (χ3v) is 1.93. The second-order valence-electron chi connectivity index (χ2n) is 2.79.